The van der Waals surface area contributed by atoms with Gasteiger partial charge in [0.15, 0.2) is 0 Å². The molecule has 0 spiro atoms. The van der Waals surface area contributed by atoms with Crippen LogP contribution in [0.15, 0.2) is 18.3 Å². The van der Waals surface area contributed by atoms with Crippen LogP contribution in [0.25, 0.3) is 0 Å². The summed E-state index contributed by atoms with van der Waals surface area (Å²) in [5.41, 5.74) is 7.06. The van der Waals surface area contributed by atoms with Crippen molar-refractivity contribution in [3.63, 3.8) is 0 Å². The Morgan fingerprint density at radius 3 is 2.88 bits per heavy atom. The van der Waals surface area contributed by atoms with Crippen LogP contribution in [0.5, 0.6) is 0 Å². The molecule has 1 aliphatic rings. The Balaban J connectivity index is 2.11. The zero-order valence-corrected chi connectivity index (χ0v) is 10.9. The van der Waals surface area contributed by atoms with Crippen molar-refractivity contribution < 1.29 is 0 Å². The zero-order chi connectivity index (χ0) is 12.4. The molecular weight excluding hydrogens is 212 g/mol. The third-order valence-corrected chi connectivity index (χ3v) is 3.51. The fraction of sp³-hybridized carbons (Fsp3) is 0.615. The van der Waals surface area contributed by atoms with Crippen LogP contribution < -0.4 is 10.6 Å². The van der Waals surface area contributed by atoms with Crippen molar-refractivity contribution in [2.24, 2.45) is 5.73 Å². The third-order valence-electron chi connectivity index (χ3n) is 3.51. The van der Waals surface area contributed by atoms with Crippen molar-refractivity contribution in [2.75, 3.05) is 32.1 Å². The van der Waals surface area contributed by atoms with Gasteiger partial charge in [0.2, 0.25) is 0 Å². The molecule has 0 saturated carbocycles. The molecule has 1 unspecified atom stereocenters. The van der Waals surface area contributed by atoms with Gasteiger partial charge in [-0.1, -0.05) is 0 Å². The molecule has 4 nitrogen and oxygen atoms in total. The summed E-state index contributed by atoms with van der Waals surface area (Å²) < 4.78 is 0. The number of likely N-dealkylation sites (N-methyl/N-ethyl adjacent to an activating group) is 1. The number of anilines is 1. The predicted octanol–water partition coefficient (Wildman–Crippen LogP) is 1.24. The zero-order valence-electron chi connectivity index (χ0n) is 10.9. The minimum atomic E-state index is 0.0731. The van der Waals surface area contributed by atoms with E-state index in [0.717, 1.165) is 24.5 Å². The van der Waals surface area contributed by atoms with E-state index in [0.29, 0.717) is 6.04 Å². The lowest BCUT2D eigenvalue weighted by Gasteiger charge is -2.21. The van der Waals surface area contributed by atoms with E-state index in [1.807, 2.05) is 19.2 Å². The van der Waals surface area contributed by atoms with E-state index in [1.54, 1.807) is 0 Å². The van der Waals surface area contributed by atoms with Crippen LogP contribution >= 0.6 is 0 Å². The van der Waals surface area contributed by atoms with E-state index in [1.165, 1.54) is 6.42 Å². The molecule has 2 rings (SSSR count). The first-order valence-electron chi connectivity index (χ1n) is 6.21. The molecular formula is C13H22N4. The molecule has 0 amide bonds. The maximum Gasteiger partial charge on any atom is 0.128 e. The largest absolute Gasteiger partial charge is 0.355 e. The molecule has 1 fully saturated rings. The lowest BCUT2D eigenvalue weighted by molar-refractivity contribution is 0.315. The van der Waals surface area contributed by atoms with Crippen molar-refractivity contribution >= 4 is 5.82 Å². The van der Waals surface area contributed by atoms with E-state index < -0.39 is 0 Å². The average Bonchev–Trinajstić information content (AvgIpc) is 2.78. The molecule has 94 valence electrons. The fourth-order valence-corrected chi connectivity index (χ4v) is 2.26. The summed E-state index contributed by atoms with van der Waals surface area (Å²) in [6.45, 7) is 4.15. The fourth-order valence-electron chi connectivity index (χ4n) is 2.26. The van der Waals surface area contributed by atoms with Gasteiger partial charge in [-0.05, 0) is 45.1 Å². The van der Waals surface area contributed by atoms with Crippen molar-refractivity contribution in [2.45, 2.75) is 25.4 Å². The smallest absolute Gasteiger partial charge is 0.128 e. The van der Waals surface area contributed by atoms with Gasteiger partial charge in [0.25, 0.3) is 0 Å². The van der Waals surface area contributed by atoms with Gasteiger partial charge in [-0.25, -0.2) is 4.98 Å². The Bertz CT molecular complexity index is 375. The molecule has 17 heavy (non-hydrogen) atoms. The Kier molecular flexibility index (Phi) is 3.64. The second kappa shape index (κ2) is 5.02. The lowest BCUT2D eigenvalue weighted by Crippen LogP contribution is -2.31. The van der Waals surface area contributed by atoms with Crippen LogP contribution in [-0.2, 0) is 0 Å². The number of hydrogen-bond acceptors (Lipinski definition) is 4. The van der Waals surface area contributed by atoms with Crippen molar-refractivity contribution in [3.05, 3.63) is 23.9 Å². The van der Waals surface area contributed by atoms with Crippen LogP contribution in [0.1, 0.15) is 24.9 Å². The van der Waals surface area contributed by atoms with E-state index in [-0.39, 0.29) is 6.04 Å². The Morgan fingerprint density at radius 2 is 2.29 bits per heavy atom. The van der Waals surface area contributed by atoms with Crippen molar-refractivity contribution in [3.8, 4) is 0 Å². The number of rotatable bonds is 3. The van der Waals surface area contributed by atoms with Gasteiger partial charge in [0, 0.05) is 31.4 Å². The van der Waals surface area contributed by atoms with Crippen LogP contribution in [-0.4, -0.2) is 43.1 Å². The molecule has 1 saturated heterocycles. The van der Waals surface area contributed by atoms with E-state index >= 15 is 0 Å². The van der Waals surface area contributed by atoms with Gasteiger partial charge < -0.3 is 15.5 Å². The summed E-state index contributed by atoms with van der Waals surface area (Å²) in [7, 11) is 4.28. The Hall–Kier alpha value is -1.13. The Morgan fingerprint density at radius 1 is 1.53 bits per heavy atom. The van der Waals surface area contributed by atoms with Gasteiger partial charge in [0.1, 0.15) is 5.82 Å². The van der Waals surface area contributed by atoms with Gasteiger partial charge >= 0.3 is 0 Å². The summed E-state index contributed by atoms with van der Waals surface area (Å²) in [4.78, 5) is 9.08. The van der Waals surface area contributed by atoms with Crippen LogP contribution in [0.3, 0.4) is 0 Å². The standard InChI is InChI=1S/C13H22N4/c1-10(14)11-4-6-15-13(8-11)17-7-5-12(9-17)16(2)3/h4,6,8,10,12H,5,7,9,14H2,1-3H3/t10-,12?/m1/s1. The van der Waals surface area contributed by atoms with Gasteiger partial charge in [-0.3, -0.25) is 0 Å². The molecule has 2 N–H and O–H groups in total. The molecule has 1 aromatic heterocycles. The summed E-state index contributed by atoms with van der Waals surface area (Å²) >= 11 is 0. The second-order valence-electron chi connectivity index (χ2n) is 5.09. The van der Waals surface area contributed by atoms with Gasteiger partial charge in [0.05, 0.1) is 0 Å². The maximum absolute atomic E-state index is 5.90. The van der Waals surface area contributed by atoms with Crippen LogP contribution in [0, 0.1) is 0 Å². The summed E-state index contributed by atoms with van der Waals surface area (Å²) in [5.74, 6) is 1.06. The van der Waals surface area contributed by atoms with Crippen LogP contribution in [0.4, 0.5) is 5.82 Å². The quantitative estimate of drug-likeness (QED) is 0.855. The number of nitrogens with two attached hydrogens (primary N) is 1. The predicted molar refractivity (Wildman–Crippen MR) is 71.1 cm³/mol. The van der Waals surface area contributed by atoms with Crippen LogP contribution in [0.2, 0.25) is 0 Å². The van der Waals surface area contributed by atoms with Crippen molar-refractivity contribution in [1.82, 2.24) is 9.88 Å². The van der Waals surface area contributed by atoms with E-state index in [2.05, 4.69) is 34.9 Å². The molecule has 0 aliphatic carbocycles. The number of aromatic nitrogens is 1. The number of hydrogen-bond donors (Lipinski definition) is 1. The first-order chi connectivity index (χ1) is 8.08. The van der Waals surface area contributed by atoms with E-state index in [4.69, 9.17) is 5.73 Å². The lowest BCUT2D eigenvalue weighted by atomic mass is 10.1. The first kappa shape index (κ1) is 12.3. The highest BCUT2D eigenvalue weighted by atomic mass is 15.3. The van der Waals surface area contributed by atoms with Gasteiger partial charge in [-0.2, -0.15) is 0 Å². The van der Waals surface area contributed by atoms with E-state index in [9.17, 15) is 0 Å². The van der Waals surface area contributed by atoms with Crippen molar-refractivity contribution in [1.29, 1.82) is 0 Å². The molecule has 1 aromatic rings. The first-order valence-corrected chi connectivity index (χ1v) is 6.21. The molecule has 0 aromatic carbocycles. The molecule has 2 atom stereocenters. The molecule has 1 aliphatic heterocycles. The minimum absolute atomic E-state index is 0.0731. The minimum Gasteiger partial charge on any atom is -0.355 e. The summed E-state index contributed by atoms with van der Waals surface area (Å²) in [6, 6.07) is 4.82. The average molecular weight is 234 g/mol. The number of pyridine rings is 1. The normalized spacial score (nSPS) is 22.2. The highest BCUT2D eigenvalue weighted by molar-refractivity contribution is 5.43. The third kappa shape index (κ3) is 2.76. The highest BCUT2D eigenvalue weighted by Gasteiger charge is 2.24. The van der Waals surface area contributed by atoms with Gasteiger partial charge in [-0.15, -0.1) is 0 Å². The Labute approximate surface area is 103 Å². The summed E-state index contributed by atoms with van der Waals surface area (Å²) in [6.07, 6.45) is 3.06. The maximum atomic E-state index is 5.90. The molecule has 0 bridgehead atoms. The molecule has 2 heterocycles. The number of nitrogens with zero attached hydrogens (tertiary/aromatic N) is 3. The summed E-state index contributed by atoms with van der Waals surface area (Å²) in [5, 5.41) is 0. The monoisotopic (exact) mass is 234 g/mol. The second-order valence-corrected chi connectivity index (χ2v) is 5.09. The highest BCUT2D eigenvalue weighted by Crippen LogP contribution is 2.22. The SMILES string of the molecule is C[C@@H](N)c1ccnc(N2CCC(N(C)C)C2)c1. The molecule has 4 heteroatoms. The topological polar surface area (TPSA) is 45.4 Å². The molecule has 0 radical (unpaired) electrons.